The molecule has 0 aromatic heterocycles. The molecule has 0 saturated carbocycles. The van der Waals surface area contributed by atoms with Gasteiger partial charge in [-0.3, -0.25) is 0 Å². The molecule has 0 saturated heterocycles. The largest absolute Gasteiger partial charge is 0.478 e. The van der Waals surface area contributed by atoms with Gasteiger partial charge in [0, 0.05) is 11.7 Å². The first kappa shape index (κ1) is 24.0. The molecule has 0 heterocycles. The Bertz CT molecular complexity index is 1230. The van der Waals surface area contributed by atoms with Gasteiger partial charge >= 0.3 is 5.97 Å². The molecular formula is C27H32O4S. The van der Waals surface area contributed by atoms with Crippen molar-refractivity contribution < 1.29 is 18.3 Å². The smallest absolute Gasteiger partial charge is 0.335 e. The molecular weight excluding hydrogens is 420 g/mol. The van der Waals surface area contributed by atoms with Crippen LogP contribution in [0.15, 0.2) is 35.7 Å². The predicted molar refractivity (Wildman–Crippen MR) is 133 cm³/mol. The maximum atomic E-state index is 11.8. The summed E-state index contributed by atoms with van der Waals surface area (Å²) in [5, 5.41) is 10.5. The molecule has 2 aromatic carbocycles. The van der Waals surface area contributed by atoms with Crippen LogP contribution in [-0.4, -0.2) is 25.7 Å². The topological polar surface area (TPSA) is 71.4 Å². The lowest BCUT2D eigenvalue weighted by molar-refractivity contribution is 0.0696. The van der Waals surface area contributed by atoms with E-state index in [0.29, 0.717) is 5.56 Å². The van der Waals surface area contributed by atoms with Crippen LogP contribution < -0.4 is 0 Å². The Morgan fingerprint density at radius 3 is 1.91 bits per heavy atom. The summed E-state index contributed by atoms with van der Waals surface area (Å²) < 4.78 is 23.6. The van der Waals surface area contributed by atoms with E-state index in [-0.39, 0.29) is 16.4 Å². The molecule has 1 aliphatic carbocycles. The first-order chi connectivity index (χ1) is 14.7. The molecule has 1 N–H and O–H groups in total. The number of carbonyl (C=O) groups is 1. The van der Waals surface area contributed by atoms with E-state index in [4.69, 9.17) is 0 Å². The quantitative estimate of drug-likeness (QED) is 0.546. The molecule has 0 spiro atoms. The van der Waals surface area contributed by atoms with Crippen LogP contribution in [0.5, 0.6) is 0 Å². The minimum absolute atomic E-state index is 0.0184. The van der Waals surface area contributed by atoms with Gasteiger partial charge < -0.3 is 5.11 Å². The van der Waals surface area contributed by atoms with Crippen LogP contribution in [-0.2, 0) is 20.7 Å². The number of sulfone groups is 1. The molecule has 0 amide bonds. The van der Waals surface area contributed by atoms with Crippen LogP contribution in [0.4, 0.5) is 0 Å². The van der Waals surface area contributed by atoms with Gasteiger partial charge in [-0.2, -0.15) is 0 Å². The second-order valence-corrected chi connectivity index (χ2v) is 12.1. The maximum Gasteiger partial charge on any atom is 0.335 e. The van der Waals surface area contributed by atoms with E-state index in [2.05, 4.69) is 39.8 Å². The summed E-state index contributed by atoms with van der Waals surface area (Å²) in [6.07, 6.45) is 8.95. The number of carboxylic acids is 1. The van der Waals surface area contributed by atoms with Crippen molar-refractivity contribution in [3.8, 4) is 0 Å². The molecule has 32 heavy (non-hydrogen) atoms. The highest BCUT2D eigenvalue weighted by Crippen LogP contribution is 2.47. The lowest BCUT2D eigenvalue weighted by Gasteiger charge is -2.42. The van der Waals surface area contributed by atoms with E-state index < -0.39 is 15.8 Å². The summed E-state index contributed by atoms with van der Waals surface area (Å²) in [5.41, 5.74) is 6.29. The lowest BCUT2D eigenvalue weighted by atomic mass is 9.62. The molecule has 1 aliphatic rings. The van der Waals surface area contributed by atoms with Crippen molar-refractivity contribution in [1.82, 2.24) is 0 Å². The number of hydrogen-bond donors (Lipinski definition) is 1. The fourth-order valence-corrected chi connectivity index (χ4v) is 4.74. The van der Waals surface area contributed by atoms with Crippen molar-refractivity contribution in [1.29, 1.82) is 0 Å². The van der Waals surface area contributed by atoms with Crippen molar-refractivity contribution >= 4 is 34.0 Å². The molecule has 0 bridgehead atoms. The predicted octanol–water partition coefficient (Wildman–Crippen LogP) is 6.23. The van der Waals surface area contributed by atoms with Crippen LogP contribution >= 0.6 is 0 Å². The van der Waals surface area contributed by atoms with E-state index in [0.717, 1.165) is 29.5 Å². The molecule has 0 radical (unpaired) electrons. The number of aryl methyl sites for hydroxylation is 1. The van der Waals surface area contributed by atoms with Crippen molar-refractivity contribution in [3.05, 3.63) is 74.7 Å². The minimum atomic E-state index is -3.26. The van der Waals surface area contributed by atoms with Gasteiger partial charge in [0.2, 0.25) is 0 Å². The SMILES string of the molecule is Cc1cc(C=Cc2cc3c(cc2C=CS(C)(=O)=O)C(C)(C)CCC3(C)C)ccc1C(=O)O. The average molecular weight is 453 g/mol. The normalized spacial score (nSPS) is 17.6. The third-order valence-corrected chi connectivity index (χ3v) is 7.12. The van der Waals surface area contributed by atoms with Gasteiger partial charge in [0.25, 0.3) is 0 Å². The molecule has 0 unspecified atom stereocenters. The molecule has 2 aromatic rings. The number of carboxylic acid groups (broad SMARTS) is 1. The number of aromatic carboxylic acids is 1. The second kappa shape index (κ2) is 8.36. The molecule has 0 atom stereocenters. The third kappa shape index (κ3) is 5.21. The molecule has 4 nitrogen and oxygen atoms in total. The number of benzene rings is 2. The Hall–Kier alpha value is -2.66. The second-order valence-electron chi connectivity index (χ2n) is 10.1. The van der Waals surface area contributed by atoms with E-state index >= 15 is 0 Å². The zero-order chi connectivity index (χ0) is 23.9. The minimum Gasteiger partial charge on any atom is -0.478 e. The van der Waals surface area contributed by atoms with Crippen molar-refractivity contribution in [2.75, 3.05) is 6.26 Å². The molecule has 0 aliphatic heterocycles. The van der Waals surface area contributed by atoms with Crippen LogP contribution in [0.1, 0.15) is 84.3 Å². The summed E-state index contributed by atoms with van der Waals surface area (Å²) >= 11 is 0. The highest BCUT2D eigenvalue weighted by atomic mass is 32.2. The maximum absolute atomic E-state index is 11.8. The summed E-state index contributed by atoms with van der Waals surface area (Å²) in [4.78, 5) is 11.3. The number of fused-ring (bicyclic) bond motifs is 1. The van der Waals surface area contributed by atoms with Crippen LogP contribution in [0, 0.1) is 6.92 Å². The summed E-state index contributed by atoms with van der Waals surface area (Å²) in [5.74, 6) is -0.939. The van der Waals surface area contributed by atoms with E-state index in [1.165, 1.54) is 22.8 Å². The highest BCUT2D eigenvalue weighted by molar-refractivity contribution is 7.93. The van der Waals surface area contributed by atoms with Gasteiger partial charge in [-0.25, -0.2) is 13.2 Å². The standard InChI is InChI=1S/C27H32O4S/c1-18-15-19(8-10-22(18)25(28)29)7-9-20-16-23-24(17-21(20)11-14-32(6,30)31)27(4,5)13-12-26(23,2)3/h7-11,14-17H,12-13H2,1-6H3,(H,28,29). The molecule has 3 rings (SSSR count). The van der Waals surface area contributed by atoms with Gasteiger partial charge in [-0.15, -0.1) is 0 Å². The Balaban J connectivity index is 2.15. The fourth-order valence-electron chi connectivity index (χ4n) is 4.35. The summed E-state index contributed by atoms with van der Waals surface area (Å²) in [7, 11) is -3.26. The van der Waals surface area contributed by atoms with Gasteiger partial charge in [0.05, 0.1) is 5.56 Å². The average Bonchev–Trinajstić information content (AvgIpc) is 2.67. The van der Waals surface area contributed by atoms with E-state index in [1.807, 2.05) is 18.2 Å². The van der Waals surface area contributed by atoms with Gasteiger partial charge in [0.15, 0.2) is 9.84 Å². The van der Waals surface area contributed by atoms with Crippen LogP contribution in [0.3, 0.4) is 0 Å². The monoisotopic (exact) mass is 452 g/mol. The zero-order valence-electron chi connectivity index (χ0n) is 19.7. The first-order valence-electron chi connectivity index (χ1n) is 10.8. The Morgan fingerprint density at radius 2 is 1.44 bits per heavy atom. The van der Waals surface area contributed by atoms with Crippen LogP contribution in [0.25, 0.3) is 18.2 Å². The van der Waals surface area contributed by atoms with E-state index in [1.54, 1.807) is 25.1 Å². The first-order valence-corrected chi connectivity index (χ1v) is 12.7. The number of hydrogen-bond acceptors (Lipinski definition) is 3. The van der Waals surface area contributed by atoms with Crippen molar-refractivity contribution in [3.63, 3.8) is 0 Å². The summed E-state index contributed by atoms with van der Waals surface area (Å²) in [6.45, 7) is 10.8. The lowest BCUT2D eigenvalue weighted by Crippen LogP contribution is -2.34. The zero-order valence-corrected chi connectivity index (χ0v) is 20.5. The molecule has 170 valence electrons. The van der Waals surface area contributed by atoms with Crippen molar-refractivity contribution in [2.24, 2.45) is 0 Å². The van der Waals surface area contributed by atoms with Gasteiger partial charge in [0.1, 0.15) is 0 Å². The van der Waals surface area contributed by atoms with E-state index in [9.17, 15) is 18.3 Å². The van der Waals surface area contributed by atoms with Gasteiger partial charge in [-0.05, 0) is 76.1 Å². The Labute approximate surface area is 191 Å². The van der Waals surface area contributed by atoms with Gasteiger partial charge in [-0.1, -0.05) is 64.1 Å². The fraction of sp³-hybridized carbons (Fsp3) is 0.370. The highest BCUT2D eigenvalue weighted by Gasteiger charge is 2.37. The Kier molecular flexibility index (Phi) is 6.27. The number of rotatable bonds is 5. The van der Waals surface area contributed by atoms with Crippen molar-refractivity contribution in [2.45, 2.75) is 58.3 Å². The summed E-state index contributed by atoms with van der Waals surface area (Å²) in [6, 6.07) is 9.56. The molecule has 0 fully saturated rings. The van der Waals surface area contributed by atoms with Crippen LogP contribution in [0.2, 0.25) is 0 Å². The Morgan fingerprint density at radius 1 is 0.906 bits per heavy atom. The third-order valence-electron chi connectivity index (χ3n) is 6.49. The molecule has 5 heteroatoms.